The first-order chi connectivity index (χ1) is 17.9. The van der Waals surface area contributed by atoms with Gasteiger partial charge in [-0.25, -0.2) is 8.42 Å². The highest BCUT2D eigenvalue weighted by molar-refractivity contribution is 7.89. The minimum atomic E-state index is -4.18. The number of hydrogen-bond donors (Lipinski definition) is 2. The molecule has 4 aromatic rings. The molecule has 0 fully saturated rings. The third-order valence-electron chi connectivity index (χ3n) is 5.86. The van der Waals surface area contributed by atoms with Crippen LogP contribution in [0.25, 0.3) is 0 Å². The molecule has 2 N–H and O–H groups in total. The lowest BCUT2D eigenvalue weighted by Gasteiger charge is -2.25. The summed E-state index contributed by atoms with van der Waals surface area (Å²) in [5, 5.41) is 3.30. The van der Waals surface area contributed by atoms with Crippen LogP contribution in [0.2, 0.25) is 5.02 Å². The maximum absolute atomic E-state index is 13.7. The van der Waals surface area contributed by atoms with Gasteiger partial charge in [-0.3, -0.25) is 4.79 Å². The van der Waals surface area contributed by atoms with Crippen LogP contribution in [0, 0.1) is 0 Å². The van der Waals surface area contributed by atoms with Gasteiger partial charge in [-0.15, -0.1) is 0 Å². The van der Waals surface area contributed by atoms with Crippen LogP contribution in [0.4, 0.5) is 0 Å². The number of benzene rings is 4. The molecule has 0 aromatic heterocycles. The Morgan fingerprint density at radius 1 is 0.838 bits per heavy atom. The maximum Gasteiger partial charge on any atom is 0.245 e. The molecule has 0 radical (unpaired) electrons. The molecule has 0 heterocycles. The summed E-state index contributed by atoms with van der Waals surface area (Å²) in [6, 6.07) is 31.1. The smallest absolute Gasteiger partial charge is 0.245 e. The molecular weight excluding hydrogens is 508 g/mol. The molecule has 190 valence electrons. The van der Waals surface area contributed by atoms with Crippen molar-refractivity contribution in [2.45, 2.75) is 23.4 Å². The number of halogens is 1. The lowest BCUT2D eigenvalue weighted by atomic mass is 9.97. The first-order valence-corrected chi connectivity index (χ1v) is 13.5. The first-order valence-electron chi connectivity index (χ1n) is 11.7. The van der Waals surface area contributed by atoms with Gasteiger partial charge < -0.3 is 10.1 Å². The van der Waals surface area contributed by atoms with Crippen molar-refractivity contribution < 1.29 is 17.9 Å². The molecule has 0 bridgehead atoms. The molecule has 37 heavy (non-hydrogen) atoms. The zero-order valence-electron chi connectivity index (χ0n) is 20.2. The molecule has 0 aliphatic carbocycles. The Hall–Kier alpha value is -3.65. The summed E-state index contributed by atoms with van der Waals surface area (Å²) in [5.74, 6) is -0.339. The molecule has 6 nitrogen and oxygen atoms in total. The quantitative estimate of drug-likeness (QED) is 0.295. The summed E-state index contributed by atoms with van der Waals surface area (Å²) in [4.78, 5) is 13.6. The van der Waals surface area contributed by atoms with E-state index in [1.54, 1.807) is 0 Å². The Morgan fingerprint density at radius 2 is 1.38 bits per heavy atom. The summed E-state index contributed by atoms with van der Waals surface area (Å²) in [6.07, 6.45) is 0.144. The summed E-state index contributed by atoms with van der Waals surface area (Å²) in [7, 11) is -2.80. The Morgan fingerprint density at radius 3 is 1.92 bits per heavy atom. The first kappa shape index (κ1) is 26.4. The molecule has 4 rings (SSSR count). The molecule has 0 aliphatic heterocycles. The number of carbonyl (C=O) groups is 1. The number of methoxy groups -OCH3 is 1. The van der Waals surface area contributed by atoms with E-state index >= 15 is 0 Å². The molecule has 0 saturated heterocycles. The van der Waals surface area contributed by atoms with Crippen LogP contribution in [-0.2, 0) is 21.2 Å². The highest BCUT2D eigenvalue weighted by Crippen LogP contribution is 2.28. The zero-order chi connectivity index (χ0) is 26.3. The predicted octanol–water partition coefficient (Wildman–Crippen LogP) is 5.14. The van der Waals surface area contributed by atoms with Gasteiger partial charge in [-0.05, 0) is 41.3 Å². The van der Waals surface area contributed by atoms with E-state index in [4.69, 9.17) is 16.3 Å². The number of hydrogen-bond acceptors (Lipinski definition) is 4. The summed E-state index contributed by atoms with van der Waals surface area (Å²) < 4.78 is 34.8. The highest BCUT2D eigenvalue weighted by Gasteiger charge is 2.30. The molecule has 8 heteroatoms. The van der Waals surface area contributed by atoms with Gasteiger partial charge in [0, 0.05) is 5.02 Å². The largest absolute Gasteiger partial charge is 0.495 e. The van der Waals surface area contributed by atoms with Gasteiger partial charge in [0.15, 0.2) is 0 Å². The number of sulfonamides is 1. The van der Waals surface area contributed by atoms with Gasteiger partial charge in [-0.1, -0.05) is 103 Å². The van der Waals surface area contributed by atoms with Crippen LogP contribution in [-0.4, -0.2) is 27.5 Å². The number of carbonyl (C=O) groups excluding carboxylic acids is 1. The van der Waals surface area contributed by atoms with Crippen molar-refractivity contribution >= 4 is 27.5 Å². The van der Waals surface area contributed by atoms with E-state index < -0.39 is 28.0 Å². The van der Waals surface area contributed by atoms with Crippen molar-refractivity contribution in [2.24, 2.45) is 0 Å². The van der Waals surface area contributed by atoms with Gasteiger partial charge in [0.2, 0.25) is 15.9 Å². The van der Waals surface area contributed by atoms with Crippen molar-refractivity contribution in [3.8, 4) is 5.75 Å². The predicted molar refractivity (Wildman–Crippen MR) is 145 cm³/mol. The van der Waals surface area contributed by atoms with E-state index in [9.17, 15) is 13.2 Å². The van der Waals surface area contributed by atoms with Gasteiger partial charge in [0.1, 0.15) is 16.7 Å². The van der Waals surface area contributed by atoms with Crippen LogP contribution < -0.4 is 14.8 Å². The fourth-order valence-corrected chi connectivity index (χ4v) is 5.67. The van der Waals surface area contributed by atoms with E-state index in [-0.39, 0.29) is 22.1 Å². The van der Waals surface area contributed by atoms with Gasteiger partial charge in [0.25, 0.3) is 0 Å². The number of nitrogens with one attached hydrogen (secondary N) is 2. The second kappa shape index (κ2) is 12.1. The lowest BCUT2D eigenvalue weighted by molar-refractivity contribution is -0.123. The van der Waals surface area contributed by atoms with Crippen LogP contribution in [0.15, 0.2) is 114 Å². The Balaban J connectivity index is 1.69. The fourth-order valence-electron chi connectivity index (χ4n) is 4.04. The average Bonchev–Trinajstić information content (AvgIpc) is 2.92. The van der Waals surface area contributed by atoms with Crippen molar-refractivity contribution in [2.75, 3.05) is 7.11 Å². The normalized spacial score (nSPS) is 12.2. The highest BCUT2D eigenvalue weighted by atomic mass is 35.5. The van der Waals surface area contributed by atoms with Crippen molar-refractivity contribution in [1.82, 2.24) is 10.0 Å². The SMILES string of the molecule is COc1ccc(Cl)cc1S(=O)(=O)N[C@H](Cc1ccccc1)C(=O)NC(c1ccccc1)c1ccccc1. The molecule has 4 aromatic carbocycles. The van der Waals surface area contributed by atoms with E-state index in [0.717, 1.165) is 16.7 Å². The second-order valence-electron chi connectivity index (χ2n) is 8.42. The molecule has 0 saturated carbocycles. The number of rotatable bonds is 10. The Kier molecular flexibility index (Phi) is 8.61. The van der Waals surface area contributed by atoms with Gasteiger partial charge in [-0.2, -0.15) is 4.72 Å². The van der Waals surface area contributed by atoms with Gasteiger partial charge in [0.05, 0.1) is 13.2 Å². The van der Waals surface area contributed by atoms with Crippen LogP contribution >= 0.6 is 11.6 Å². The van der Waals surface area contributed by atoms with E-state index in [1.165, 1.54) is 25.3 Å². The van der Waals surface area contributed by atoms with Crippen LogP contribution in [0.1, 0.15) is 22.7 Å². The van der Waals surface area contributed by atoms with Crippen molar-refractivity contribution in [1.29, 1.82) is 0 Å². The van der Waals surface area contributed by atoms with Crippen molar-refractivity contribution in [3.63, 3.8) is 0 Å². The third-order valence-corrected chi connectivity index (χ3v) is 7.59. The monoisotopic (exact) mass is 534 g/mol. The second-order valence-corrected chi connectivity index (χ2v) is 10.5. The van der Waals surface area contributed by atoms with Gasteiger partial charge >= 0.3 is 0 Å². The minimum absolute atomic E-state index is 0.127. The molecule has 0 unspecified atom stereocenters. The topological polar surface area (TPSA) is 84.5 Å². The Labute approximate surface area is 222 Å². The maximum atomic E-state index is 13.7. The third kappa shape index (κ3) is 6.77. The Bertz CT molecular complexity index is 1390. The number of ether oxygens (including phenoxy) is 1. The summed E-state index contributed by atoms with van der Waals surface area (Å²) >= 11 is 6.09. The van der Waals surface area contributed by atoms with E-state index in [2.05, 4.69) is 10.0 Å². The fraction of sp³-hybridized carbons (Fsp3) is 0.138. The molecule has 1 atom stereocenters. The number of amides is 1. The molecule has 0 aliphatic rings. The van der Waals surface area contributed by atoms with E-state index in [1.807, 2.05) is 91.0 Å². The van der Waals surface area contributed by atoms with Crippen LogP contribution in [0.5, 0.6) is 5.75 Å². The molecule has 0 spiro atoms. The van der Waals surface area contributed by atoms with Crippen LogP contribution in [0.3, 0.4) is 0 Å². The lowest BCUT2D eigenvalue weighted by Crippen LogP contribution is -2.49. The minimum Gasteiger partial charge on any atom is -0.495 e. The molecule has 1 amide bonds. The summed E-state index contributed by atoms with van der Waals surface area (Å²) in [6.45, 7) is 0. The average molecular weight is 535 g/mol. The standard InChI is InChI=1S/C29H27ClN2O4S/c1-36-26-18-17-24(30)20-27(26)37(34,35)32-25(19-21-11-5-2-6-12-21)29(33)31-28(22-13-7-3-8-14-22)23-15-9-4-10-16-23/h2-18,20,25,28,32H,19H2,1H3,(H,31,33)/t25-/m1/s1. The zero-order valence-corrected chi connectivity index (χ0v) is 21.7. The molecular formula is C29H27ClN2O4S. The van der Waals surface area contributed by atoms with Crippen molar-refractivity contribution in [3.05, 3.63) is 131 Å². The summed E-state index contributed by atoms with van der Waals surface area (Å²) in [5.41, 5.74) is 2.55. The van der Waals surface area contributed by atoms with E-state index in [0.29, 0.717) is 0 Å².